The molecule has 7 nitrogen and oxygen atoms in total. The molecule has 2 aliphatic heterocycles. The van der Waals surface area contributed by atoms with Crippen molar-refractivity contribution in [2.24, 2.45) is 0 Å². The number of rotatable bonds is 8. The summed E-state index contributed by atoms with van der Waals surface area (Å²) in [4.78, 5) is 10.1. The fourth-order valence-electron chi connectivity index (χ4n) is 4.70. The Hall–Kier alpha value is -3.50. The summed E-state index contributed by atoms with van der Waals surface area (Å²) in [5.74, 6) is 1.20. The first-order chi connectivity index (χ1) is 16.8. The van der Waals surface area contributed by atoms with Crippen molar-refractivity contribution in [2.45, 2.75) is 51.0 Å². The molecule has 0 amide bonds. The summed E-state index contributed by atoms with van der Waals surface area (Å²) in [6, 6.07) is 4.10. The molecule has 0 radical (unpaired) electrons. The summed E-state index contributed by atoms with van der Waals surface area (Å²) in [6.07, 6.45) is 20.4. The molecule has 2 aromatic rings. The largest absolute Gasteiger partial charge is 0.461 e. The van der Waals surface area contributed by atoms with Gasteiger partial charge in [0, 0.05) is 30.9 Å². The topological polar surface area (TPSA) is 83.4 Å². The number of aromatic amines is 1. The van der Waals surface area contributed by atoms with Crippen LogP contribution < -0.4 is 0 Å². The second-order valence-electron chi connectivity index (χ2n) is 8.98. The van der Waals surface area contributed by atoms with E-state index < -0.39 is 0 Å². The zero-order valence-corrected chi connectivity index (χ0v) is 19.3. The maximum absolute atomic E-state index is 9.12. The Balaban J connectivity index is 1.02. The monoisotopic (exact) mass is 458 g/mol. The Labute approximate surface area is 200 Å². The zero-order chi connectivity index (χ0) is 23.2. The van der Waals surface area contributed by atoms with E-state index in [1.807, 2.05) is 12.3 Å². The van der Waals surface area contributed by atoms with Crippen LogP contribution in [0.1, 0.15) is 49.7 Å². The number of nitriles is 1. The highest BCUT2D eigenvalue weighted by atomic mass is 16.7. The number of aryl methyl sites for hydroxylation is 1. The lowest BCUT2D eigenvalue weighted by molar-refractivity contribution is -0.0261. The molecule has 7 heteroatoms. The van der Waals surface area contributed by atoms with Crippen LogP contribution in [-0.4, -0.2) is 40.6 Å². The second kappa shape index (κ2) is 10.6. The quantitative estimate of drug-likeness (QED) is 0.547. The molecule has 1 aliphatic carbocycles. The third-order valence-corrected chi connectivity index (χ3v) is 6.61. The van der Waals surface area contributed by atoms with Crippen molar-refractivity contribution in [2.75, 3.05) is 19.6 Å². The number of unbranched alkanes of at least 4 members (excludes halogenated alkanes) is 1. The number of fused-ring (bicyclic) bond motifs is 1. The first kappa shape index (κ1) is 22.3. The lowest BCUT2D eigenvalue weighted by atomic mass is 10.0. The van der Waals surface area contributed by atoms with Gasteiger partial charge in [-0.1, -0.05) is 18.2 Å². The van der Waals surface area contributed by atoms with Gasteiger partial charge in [0.05, 0.1) is 5.56 Å². The number of ether oxygens (including phenoxy) is 3. The molecule has 0 unspecified atom stereocenters. The van der Waals surface area contributed by atoms with Gasteiger partial charge in [0.2, 0.25) is 0 Å². The summed E-state index contributed by atoms with van der Waals surface area (Å²) >= 11 is 0. The molecular weight excluding hydrogens is 428 g/mol. The van der Waals surface area contributed by atoms with Crippen molar-refractivity contribution in [3.05, 3.63) is 77.6 Å². The fourth-order valence-corrected chi connectivity index (χ4v) is 4.70. The lowest BCUT2D eigenvalue weighted by Gasteiger charge is -2.32. The zero-order valence-electron chi connectivity index (χ0n) is 19.3. The third-order valence-electron chi connectivity index (χ3n) is 6.61. The van der Waals surface area contributed by atoms with Crippen molar-refractivity contribution in [1.29, 1.82) is 5.26 Å². The minimum absolute atomic E-state index is 0.152. The van der Waals surface area contributed by atoms with Crippen LogP contribution in [0.5, 0.6) is 0 Å². The van der Waals surface area contributed by atoms with Crippen molar-refractivity contribution < 1.29 is 14.2 Å². The summed E-state index contributed by atoms with van der Waals surface area (Å²) < 4.78 is 17.5. The van der Waals surface area contributed by atoms with Crippen LogP contribution in [0.15, 0.2) is 66.5 Å². The number of allylic oxidation sites excluding steroid dienone is 4. The van der Waals surface area contributed by atoms with Crippen molar-refractivity contribution in [3.8, 4) is 6.07 Å². The molecule has 1 fully saturated rings. The molecule has 1 N–H and O–H groups in total. The van der Waals surface area contributed by atoms with E-state index in [1.165, 1.54) is 5.56 Å². The van der Waals surface area contributed by atoms with Gasteiger partial charge in [-0.15, -0.1) is 0 Å². The van der Waals surface area contributed by atoms with Crippen LogP contribution in [0.25, 0.3) is 11.0 Å². The molecule has 5 rings (SSSR count). The Morgan fingerprint density at radius 3 is 2.97 bits per heavy atom. The van der Waals surface area contributed by atoms with E-state index in [9.17, 15) is 0 Å². The highest BCUT2D eigenvalue weighted by Crippen LogP contribution is 2.28. The molecule has 3 aliphatic rings. The Kier molecular flexibility index (Phi) is 6.97. The van der Waals surface area contributed by atoms with Gasteiger partial charge in [0.1, 0.15) is 24.1 Å². The molecule has 1 saturated heterocycles. The first-order valence-corrected chi connectivity index (χ1v) is 12.1. The van der Waals surface area contributed by atoms with E-state index in [-0.39, 0.29) is 6.10 Å². The number of aromatic nitrogens is 2. The van der Waals surface area contributed by atoms with Crippen LogP contribution in [0.4, 0.5) is 0 Å². The molecular formula is C27H30N4O3. The van der Waals surface area contributed by atoms with Crippen LogP contribution in [0.2, 0.25) is 0 Å². The smallest absolute Gasteiger partial charge is 0.322 e. The number of piperidine rings is 1. The molecule has 34 heavy (non-hydrogen) atoms. The van der Waals surface area contributed by atoms with E-state index in [2.05, 4.69) is 39.2 Å². The van der Waals surface area contributed by atoms with Crippen molar-refractivity contribution in [3.63, 3.8) is 0 Å². The van der Waals surface area contributed by atoms with Gasteiger partial charge in [0.25, 0.3) is 0 Å². The number of H-pyrrole nitrogens is 1. The SMILES string of the molecule is N#Cc1cnc2[nH]cc(CCCCN3CCC(OC4=COC=C(C5=CC=CCC5)O4)CC3)c2c1. The highest BCUT2D eigenvalue weighted by molar-refractivity contribution is 5.80. The minimum atomic E-state index is 0.152. The van der Waals surface area contributed by atoms with Crippen LogP contribution in [0.3, 0.4) is 0 Å². The van der Waals surface area contributed by atoms with E-state index >= 15 is 0 Å². The third kappa shape index (κ3) is 5.35. The molecule has 0 atom stereocenters. The highest BCUT2D eigenvalue weighted by Gasteiger charge is 2.24. The van der Waals surface area contributed by atoms with Gasteiger partial charge in [-0.25, -0.2) is 4.98 Å². The second-order valence-corrected chi connectivity index (χ2v) is 8.98. The van der Waals surface area contributed by atoms with Crippen LogP contribution >= 0.6 is 0 Å². The van der Waals surface area contributed by atoms with Gasteiger partial charge in [-0.05, 0) is 68.7 Å². The van der Waals surface area contributed by atoms with Crippen molar-refractivity contribution >= 4 is 11.0 Å². The predicted molar refractivity (Wildman–Crippen MR) is 129 cm³/mol. The standard InChI is InChI=1S/C27H30N4O3/c28-15-20-14-24-22(17-30-27(24)29-16-20)8-4-5-11-31-12-9-23(10-13-31)33-26-19-32-18-25(34-26)21-6-2-1-3-7-21/h1-2,6,14,16-19,23H,3-5,7-13H2,(H,29,30). The maximum atomic E-state index is 9.12. The van der Waals surface area contributed by atoms with Gasteiger partial charge in [0.15, 0.2) is 12.0 Å². The maximum Gasteiger partial charge on any atom is 0.322 e. The molecule has 0 aromatic carbocycles. The molecule has 0 saturated carbocycles. The number of nitrogens with zero attached hydrogens (tertiary/aromatic N) is 3. The average Bonchev–Trinajstić information content (AvgIpc) is 3.30. The lowest BCUT2D eigenvalue weighted by Crippen LogP contribution is -2.37. The van der Waals surface area contributed by atoms with Crippen LogP contribution in [0, 0.1) is 11.3 Å². The summed E-state index contributed by atoms with van der Waals surface area (Å²) in [7, 11) is 0. The van der Waals surface area contributed by atoms with Crippen LogP contribution in [-0.2, 0) is 20.6 Å². The normalized spacial score (nSPS) is 19.0. The van der Waals surface area contributed by atoms with Gasteiger partial charge < -0.3 is 24.1 Å². The molecule has 176 valence electrons. The average molecular weight is 459 g/mol. The van der Waals surface area contributed by atoms with Crippen molar-refractivity contribution in [1.82, 2.24) is 14.9 Å². The molecule has 0 bridgehead atoms. The Bertz CT molecular complexity index is 1180. The van der Waals surface area contributed by atoms with E-state index in [4.69, 9.17) is 19.5 Å². The number of nitrogens with one attached hydrogen (secondary N) is 1. The predicted octanol–water partition coefficient (Wildman–Crippen LogP) is 5.20. The van der Waals surface area contributed by atoms with E-state index in [0.29, 0.717) is 11.5 Å². The fraction of sp³-hybridized carbons (Fsp3) is 0.407. The first-order valence-electron chi connectivity index (χ1n) is 12.1. The van der Waals surface area contributed by atoms with E-state index in [0.717, 1.165) is 86.9 Å². The minimum Gasteiger partial charge on any atom is -0.461 e. The molecule has 4 heterocycles. The van der Waals surface area contributed by atoms with E-state index in [1.54, 1.807) is 18.7 Å². The summed E-state index contributed by atoms with van der Waals surface area (Å²) in [5.41, 5.74) is 3.84. The molecule has 2 aromatic heterocycles. The Morgan fingerprint density at radius 1 is 1.24 bits per heavy atom. The summed E-state index contributed by atoms with van der Waals surface area (Å²) in [6.45, 7) is 3.15. The summed E-state index contributed by atoms with van der Waals surface area (Å²) in [5, 5.41) is 10.2. The van der Waals surface area contributed by atoms with Gasteiger partial charge >= 0.3 is 5.95 Å². The Morgan fingerprint density at radius 2 is 2.15 bits per heavy atom. The number of hydrogen-bond acceptors (Lipinski definition) is 6. The molecule has 0 spiro atoms. The van der Waals surface area contributed by atoms with Gasteiger partial charge in [-0.3, -0.25) is 0 Å². The van der Waals surface area contributed by atoms with Gasteiger partial charge in [-0.2, -0.15) is 5.26 Å². The number of likely N-dealkylation sites (tertiary alicyclic amines) is 1. The number of pyridine rings is 1. The number of hydrogen-bond donors (Lipinski definition) is 1.